The molecule has 1 saturated carbocycles. The summed E-state index contributed by atoms with van der Waals surface area (Å²) in [7, 11) is -0.323. The Morgan fingerprint density at radius 3 is 2.46 bits per heavy atom. The van der Waals surface area contributed by atoms with Gasteiger partial charge in [0.05, 0.1) is 11.2 Å². The molecule has 2 heterocycles. The number of amides is 1. The van der Waals surface area contributed by atoms with Gasteiger partial charge < -0.3 is 14.2 Å². The predicted molar refractivity (Wildman–Crippen MR) is 94.0 cm³/mol. The van der Waals surface area contributed by atoms with Crippen LogP contribution in [0, 0.1) is 5.92 Å². The highest BCUT2D eigenvalue weighted by Gasteiger charge is 2.52. The van der Waals surface area contributed by atoms with Crippen LogP contribution in [-0.4, -0.2) is 35.7 Å². The lowest BCUT2D eigenvalue weighted by Crippen LogP contribution is -2.43. The van der Waals surface area contributed by atoms with Gasteiger partial charge in [-0.3, -0.25) is 4.79 Å². The maximum Gasteiger partial charge on any atom is 0.495 e. The van der Waals surface area contributed by atoms with Gasteiger partial charge in [-0.1, -0.05) is 18.2 Å². The van der Waals surface area contributed by atoms with Gasteiger partial charge in [-0.2, -0.15) is 0 Å². The van der Waals surface area contributed by atoms with Gasteiger partial charge >= 0.3 is 7.12 Å². The third-order valence-electron chi connectivity index (χ3n) is 6.05. The zero-order chi connectivity index (χ0) is 17.1. The van der Waals surface area contributed by atoms with Gasteiger partial charge in [-0.05, 0) is 63.5 Å². The summed E-state index contributed by atoms with van der Waals surface area (Å²) >= 11 is 0. The third kappa shape index (κ3) is 2.58. The van der Waals surface area contributed by atoms with E-state index < -0.39 is 0 Å². The molecule has 24 heavy (non-hydrogen) atoms. The first kappa shape index (κ1) is 16.2. The molecule has 4 rings (SSSR count). The maximum absolute atomic E-state index is 12.4. The second-order valence-corrected chi connectivity index (χ2v) is 8.36. The summed E-state index contributed by atoms with van der Waals surface area (Å²) in [6.07, 6.45) is 3.01. The van der Waals surface area contributed by atoms with Crippen LogP contribution in [0.3, 0.4) is 0 Å². The van der Waals surface area contributed by atoms with Gasteiger partial charge in [0.1, 0.15) is 0 Å². The molecule has 4 nitrogen and oxygen atoms in total. The Bertz CT molecular complexity index is 665. The van der Waals surface area contributed by atoms with Crippen molar-refractivity contribution in [1.29, 1.82) is 0 Å². The number of nitrogens with zero attached hydrogens (tertiary/aromatic N) is 1. The smallest absolute Gasteiger partial charge is 0.399 e. The first-order valence-corrected chi connectivity index (χ1v) is 9.03. The number of hydrogen-bond acceptors (Lipinski definition) is 3. The molecular formula is C19H26BNO3. The lowest BCUT2D eigenvalue weighted by molar-refractivity contribution is -0.133. The molecule has 2 fully saturated rings. The van der Waals surface area contributed by atoms with Crippen LogP contribution in [0.1, 0.15) is 51.7 Å². The molecule has 1 amide bonds. The fraction of sp³-hybridized carbons (Fsp3) is 0.632. The second kappa shape index (κ2) is 5.33. The monoisotopic (exact) mass is 327 g/mol. The molecule has 1 aromatic rings. The SMILES string of the molecule is CC1(C)OB(c2cccc3c2CCN(C(=O)C2CC2)C3)OC1(C)C. The largest absolute Gasteiger partial charge is 0.495 e. The molecule has 1 aromatic carbocycles. The molecule has 0 atom stereocenters. The van der Waals surface area contributed by atoms with E-state index in [0.29, 0.717) is 5.91 Å². The zero-order valence-corrected chi connectivity index (χ0v) is 15.1. The number of hydrogen-bond donors (Lipinski definition) is 0. The van der Waals surface area contributed by atoms with E-state index in [1.165, 1.54) is 11.1 Å². The molecule has 1 saturated heterocycles. The van der Waals surface area contributed by atoms with Gasteiger partial charge in [-0.15, -0.1) is 0 Å². The van der Waals surface area contributed by atoms with Crippen LogP contribution in [0.5, 0.6) is 0 Å². The fourth-order valence-electron chi connectivity index (χ4n) is 3.61. The van der Waals surface area contributed by atoms with Crippen molar-refractivity contribution in [3.8, 4) is 0 Å². The molecule has 0 N–H and O–H groups in total. The standard InChI is InChI=1S/C19H26BNO3/c1-18(2)19(3,4)24-20(23-18)16-7-5-6-14-12-21(11-10-15(14)16)17(22)13-8-9-13/h5-7,13H,8-12H2,1-4H3. The lowest BCUT2D eigenvalue weighted by atomic mass is 9.73. The summed E-state index contributed by atoms with van der Waals surface area (Å²) in [5.74, 6) is 0.625. The van der Waals surface area contributed by atoms with Crippen molar-refractivity contribution < 1.29 is 14.1 Å². The number of fused-ring (bicyclic) bond motifs is 1. The molecular weight excluding hydrogens is 301 g/mol. The summed E-state index contributed by atoms with van der Waals surface area (Å²) in [4.78, 5) is 14.4. The molecule has 0 bridgehead atoms. The summed E-state index contributed by atoms with van der Waals surface area (Å²) in [6, 6.07) is 6.31. The molecule has 0 spiro atoms. The Morgan fingerprint density at radius 2 is 1.83 bits per heavy atom. The van der Waals surface area contributed by atoms with Crippen LogP contribution < -0.4 is 5.46 Å². The summed E-state index contributed by atoms with van der Waals surface area (Å²) in [5, 5.41) is 0. The second-order valence-electron chi connectivity index (χ2n) is 8.36. The van der Waals surface area contributed by atoms with Crippen molar-refractivity contribution in [2.75, 3.05) is 6.54 Å². The van der Waals surface area contributed by atoms with Crippen molar-refractivity contribution >= 4 is 18.5 Å². The number of carbonyl (C=O) groups is 1. The first-order chi connectivity index (χ1) is 11.3. The minimum atomic E-state index is -0.330. The molecule has 2 aliphatic heterocycles. The van der Waals surface area contributed by atoms with E-state index >= 15 is 0 Å². The number of carbonyl (C=O) groups excluding carboxylic acids is 1. The van der Waals surface area contributed by atoms with E-state index in [-0.39, 0.29) is 24.2 Å². The van der Waals surface area contributed by atoms with Crippen LogP contribution in [0.15, 0.2) is 18.2 Å². The van der Waals surface area contributed by atoms with Crippen LogP contribution in [0.25, 0.3) is 0 Å². The molecule has 128 valence electrons. The summed E-state index contributed by atoms with van der Waals surface area (Å²) in [6.45, 7) is 9.85. The van der Waals surface area contributed by atoms with Crippen molar-refractivity contribution in [2.45, 2.75) is 64.7 Å². The highest BCUT2D eigenvalue weighted by molar-refractivity contribution is 6.62. The van der Waals surface area contributed by atoms with Crippen LogP contribution in [0.4, 0.5) is 0 Å². The van der Waals surface area contributed by atoms with Crippen molar-refractivity contribution in [1.82, 2.24) is 4.90 Å². The van der Waals surface area contributed by atoms with Gasteiger partial charge in [0.25, 0.3) is 0 Å². The average molecular weight is 327 g/mol. The van der Waals surface area contributed by atoms with Gasteiger partial charge in [0.2, 0.25) is 5.91 Å². The van der Waals surface area contributed by atoms with Crippen LogP contribution in [-0.2, 0) is 27.1 Å². The minimum Gasteiger partial charge on any atom is -0.399 e. The summed E-state index contributed by atoms with van der Waals surface area (Å²) in [5.41, 5.74) is 3.01. The Kier molecular flexibility index (Phi) is 3.59. The molecule has 1 aliphatic carbocycles. The zero-order valence-electron chi connectivity index (χ0n) is 15.1. The van der Waals surface area contributed by atoms with Crippen LogP contribution in [0.2, 0.25) is 0 Å². The van der Waals surface area contributed by atoms with Crippen molar-refractivity contribution in [2.24, 2.45) is 5.92 Å². The topological polar surface area (TPSA) is 38.8 Å². The van der Waals surface area contributed by atoms with E-state index in [9.17, 15) is 4.79 Å². The Hall–Kier alpha value is -1.33. The average Bonchev–Trinajstić information content (AvgIpc) is 3.33. The van der Waals surface area contributed by atoms with E-state index in [2.05, 4.69) is 45.9 Å². The Labute approximate surface area is 144 Å². The normalized spacial score (nSPS) is 24.8. The predicted octanol–water partition coefficient (Wildman–Crippen LogP) is 2.28. The summed E-state index contributed by atoms with van der Waals surface area (Å²) < 4.78 is 12.5. The quantitative estimate of drug-likeness (QED) is 0.783. The number of rotatable bonds is 2. The lowest BCUT2D eigenvalue weighted by Gasteiger charge is -2.32. The fourth-order valence-corrected chi connectivity index (χ4v) is 3.61. The van der Waals surface area contributed by atoms with E-state index in [1.807, 2.05) is 4.90 Å². The first-order valence-electron chi connectivity index (χ1n) is 9.03. The number of benzene rings is 1. The van der Waals surface area contributed by atoms with E-state index in [4.69, 9.17) is 9.31 Å². The van der Waals surface area contributed by atoms with Crippen LogP contribution >= 0.6 is 0 Å². The highest BCUT2D eigenvalue weighted by Crippen LogP contribution is 2.37. The molecule has 0 unspecified atom stereocenters. The van der Waals surface area contributed by atoms with Crippen molar-refractivity contribution in [3.05, 3.63) is 29.3 Å². The highest BCUT2D eigenvalue weighted by atomic mass is 16.7. The van der Waals surface area contributed by atoms with Gasteiger partial charge in [0, 0.05) is 19.0 Å². The molecule has 0 aromatic heterocycles. The molecule has 0 radical (unpaired) electrons. The van der Waals surface area contributed by atoms with Crippen molar-refractivity contribution in [3.63, 3.8) is 0 Å². The minimum absolute atomic E-state index is 0.290. The van der Waals surface area contributed by atoms with E-state index in [0.717, 1.165) is 37.8 Å². The molecule has 3 aliphatic rings. The Morgan fingerprint density at radius 1 is 1.17 bits per heavy atom. The van der Waals surface area contributed by atoms with Gasteiger partial charge in [0.15, 0.2) is 0 Å². The Balaban J connectivity index is 1.59. The van der Waals surface area contributed by atoms with E-state index in [1.54, 1.807) is 0 Å². The maximum atomic E-state index is 12.4. The molecule has 5 heteroatoms. The third-order valence-corrected chi connectivity index (χ3v) is 6.05. The van der Waals surface area contributed by atoms with Gasteiger partial charge in [-0.25, -0.2) is 0 Å².